The van der Waals surface area contributed by atoms with Crippen LogP contribution in [0.25, 0.3) is 17.2 Å². The maximum absolute atomic E-state index is 13.8. The van der Waals surface area contributed by atoms with Crippen molar-refractivity contribution in [2.45, 2.75) is 47.0 Å². The second kappa shape index (κ2) is 6.84. The predicted molar refractivity (Wildman–Crippen MR) is 125 cm³/mol. The molecule has 2 aromatic carbocycles. The van der Waals surface area contributed by atoms with E-state index in [4.69, 9.17) is 4.74 Å². The number of hydrogen-bond acceptors (Lipinski definition) is 2. The van der Waals surface area contributed by atoms with Crippen LogP contribution in [-0.2, 0) is 10.2 Å². The summed E-state index contributed by atoms with van der Waals surface area (Å²) >= 11 is 0. The summed E-state index contributed by atoms with van der Waals surface area (Å²) in [5.41, 5.74) is 8.16. The van der Waals surface area contributed by atoms with Crippen molar-refractivity contribution >= 4 is 23.0 Å². The smallest absolute Gasteiger partial charge is 0.194 e. The van der Waals surface area contributed by atoms with Crippen LogP contribution in [0.5, 0.6) is 5.75 Å². The van der Waals surface area contributed by atoms with Gasteiger partial charge in [0.1, 0.15) is 5.75 Å². The third-order valence-corrected chi connectivity index (χ3v) is 6.02. The first-order valence-electron chi connectivity index (χ1n) is 10.5. The van der Waals surface area contributed by atoms with Gasteiger partial charge in [-0.2, -0.15) is 0 Å². The molecule has 2 aliphatic rings. The van der Waals surface area contributed by atoms with Crippen LogP contribution in [0.1, 0.15) is 63.8 Å². The molecule has 4 rings (SSSR count). The Hall–Kier alpha value is -2.87. The van der Waals surface area contributed by atoms with Crippen LogP contribution in [0.3, 0.4) is 0 Å². The highest BCUT2D eigenvalue weighted by Crippen LogP contribution is 2.48. The Balaban J connectivity index is 1.92. The zero-order valence-electron chi connectivity index (χ0n) is 19.0. The van der Waals surface area contributed by atoms with Crippen LogP contribution in [0.4, 0.5) is 0 Å². The fourth-order valence-electron chi connectivity index (χ4n) is 4.21. The van der Waals surface area contributed by atoms with E-state index < -0.39 is 0 Å². The van der Waals surface area contributed by atoms with E-state index in [1.807, 2.05) is 24.3 Å². The number of allylic oxidation sites excluding steroid dienone is 5. The number of hydrogen-bond donors (Lipinski definition) is 0. The van der Waals surface area contributed by atoms with Gasteiger partial charge in [-0.05, 0) is 74.6 Å². The van der Waals surface area contributed by atoms with Crippen molar-refractivity contribution in [2.24, 2.45) is 5.41 Å². The average Bonchev–Trinajstić information content (AvgIpc) is 3.05. The van der Waals surface area contributed by atoms with E-state index in [0.29, 0.717) is 0 Å². The van der Waals surface area contributed by atoms with Gasteiger partial charge in [-0.15, -0.1) is 0 Å². The van der Waals surface area contributed by atoms with Crippen molar-refractivity contribution in [3.05, 3.63) is 81.9 Å². The maximum Gasteiger partial charge on any atom is 0.194 e. The summed E-state index contributed by atoms with van der Waals surface area (Å²) in [7, 11) is 1.65. The first-order chi connectivity index (χ1) is 14.0. The molecule has 2 aromatic rings. The highest BCUT2D eigenvalue weighted by molar-refractivity contribution is 6.39. The summed E-state index contributed by atoms with van der Waals surface area (Å²) in [5.74, 6) is 0.898. The normalized spacial score (nSPS) is 16.2. The molecule has 0 N–H and O–H groups in total. The molecule has 0 spiro atoms. The van der Waals surface area contributed by atoms with Crippen LogP contribution < -0.4 is 4.74 Å². The third-order valence-electron chi connectivity index (χ3n) is 6.02. The minimum absolute atomic E-state index is 0.0635. The van der Waals surface area contributed by atoms with Gasteiger partial charge in [0.05, 0.1) is 7.11 Å². The summed E-state index contributed by atoms with van der Waals surface area (Å²) in [6, 6.07) is 14.4. The predicted octanol–water partition coefficient (Wildman–Crippen LogP) is 6.86. The molecule has 0 aromatic heterocycles. The largest absolute Gasteiger partial charge is 0.497 e. The molecule has 0 unspecified atom stereocenters. The van der Waals surface area contributed by atoms with Crippen LogP contribution in [0, 0.1) is 5.41 Å². The summed E-state index contributed by atoms with van der Waals surface area (Å²) in [5, 5.41) is 0. The molecule has 0 atom stereocenters. The van der Waals surface area contributed by atoms with E-state index in [-0.39, 0.29) is 16.6 Å². The van der Waals surface area contributed by atoms with Crippen LogP contribution in [0.2, 0.25) is 0 Å². The van der Waals surface area contributed by atoms with E-state index >= 15 is 0 Å². The summed E-state index contributed by atoms with van der Waals surface area (Å²) in [6.45, 7) is 13.2. The van der Waals surface area contributed by atoms with Crippen molar-refractivity contribution < 1.29 is 9.53 Å². The molecule has 0 bridgehead atoms. The zero-order chi connectivity index (χ0) is 21.8. The topological polar surface area (TPSA) is 26.3 Å². The lowest BCUT2D eigenvalue weighted by Gasteiger charge is -2.29. The van der Waals surface area contributed by atoms with E-state index in [0.717, 1.165) is 39.2 Å². The van der Waals surface area contributed by atoms with E-state index in [9.17, 15) is 4.79 Å². The lowest BCUT2D eigenvalue weighted by molar-refractivity contribution is -0.110. The van der Waals surface area contributed by atoms with Crippen LogP contribution in [0.15, 0.2) is 59.7 Å². The number of benzene rings is 2. The van der Waals surface area contributed by atoms with Crippen LogP contribution >= 0.6 is 0 Å². The number of rotatable bonds is 2. The maximum atomic E-state index is 13.8. The minimum Gasteiger partial charge on any atom is -0.497 e. The first kappa shape index (κ1) is 20.4. The molecular weight excluding hydrogens is 368 g/mol. The van der Waals surface area contributed by atoms with Gasteiger partial charge < -0.3 is 4.74 Å². The second-order valence-electron chi connectivity index (χ2n) is 10.3. The highest BCUT2D eigenvalue weighted by Gasteiger charge is 2.36. The van der Waals surface area contributed by atoms with Gasteiger partial charge in [-0.25, -0.2) is 0 Å². The third kappa shape index (κ3) is 3.35. The van der Waals surface area contributed by atoms with E-state index in [1.165, 1.54) is 11.1 Å². The summed E-state index contributed by atoms with van der Waals surface area (Å²) in [6.07, 6.45) is 4.30. The average molecular weight is 399 g/mol. The number of ether oxygens (including phenoxy) is 1. The highest BCUT2D eigenvalue weighted by atomic mass is 16.5. The Kier molecular flexibility index (Phi) is 4.65. The fourth-order valence-corrected chi connectivity index (χ4v) is 4.21. The lowest BCUT2D eigenvalue weighted by atomic mass is 9.74. The van der Waals surface area contributed by atoms with Crippen LogP contribution in [-0.4, -0.2) is 12.9 Å². The molecule has 0 heterocycles. The second-order valence-corrected chi connectivity index (χ2v) is 10.3. The van der Waals surface area contributed by atoms with Crippen molar-refractivity contribution in [1.29, 1.82) is 0 Å². The standard InChI is InChI=1S/C28H30O2/c1-27(2,3)19-11-8-18-14-23-22(21(18)15-19)16-24(28(4,5)6)25(26(23)29)17-9-12-20(30-7)13-10-17/h8-16H,1-7H3. The Morgan fingerprint density at radius 2 is 1.43 bits per heavy atom. The quantitative estimate of drug-likeness (QED) is 0.552. The molecule has 0 amide bonds. The monoisotopic (exact) mass is 398 g/mol. The number of methoxy groups -OCH3 is 1. The van der Waals surface area contributed by atoms with E-state index in [1.54, 1.807) is 7.11 Å². The molecule has 0 fully saturated rings. The molecule has 2 heteroatoms. The van der Waals surface area contributed by atoms with Crippen molar-refractivity contribution in [3.63, 3.8) is 0 Å². The Bertz CT molecular complexity index is 1120. The lowest BCUT2D eigenvalue weighted by Crippen LogP contribution is -2.20. The van der Waals surface area contributed by atoms with Gasteiger partial charge in [0.15, 0.2) is 5.78 Å². The van der Waals surface area contributed by atoms with Gasteiger partial charge in [0.25, 0.3) is 0 Å². The minimum atomic E-state index is -0.159. The number of carbonyl (C=O) groups is 1. The van der Waals surface area contributed by atoms with Crippen molar-refractivity contribution in [1.82, 2.24) is 0 Å². The number of Topliss-reactive ketones (excluding diaryl/α,β-unsaturated/α-hetero) is 1. The molecule has 30 heavy (non-hydrogen) atoms. The molecule has 154 valence electrons. The van der Waals surface area contributed by atoms with Gasteiger partial charge in [0, 0.05) is 11.1 Å². The van der Waals surface area contributed by atoms with E-state index in [2.05, 4.69) is 71.9 Å². The van der Waals surface area contributed by atoms with Crippen molar-refractivity contribution in [3.8, 4) is 5.75 Å². The Labute approximate surface area is 180 Å². The van der Waals surface area contributed by atoms with Gasteiger partial charge >= 0.3 is 0 Å². The Morgan fingerprint density at radius 3 is 2.00 bits per heavy atom. The van der Waals surface area contributed by atoms with Gasteiger partial charge in [-0.3, -0.25) is 4.79 Å². The molecule has 0 saturated heterocycles. The molecular formula is C28H30O2. The molecule has 0 saturated carbocycles. The van der Waals surface area contributed by atoms with Gasteiger partial charge in [-0.1, -0.05) is 65.8 Å². The van der Waals surface area contributed by atoms with Gasteiger partial charge in [0.2, 0.25) is 0 Å². The molecule has 0 aliphatic heterocycles. The number of fused-ring (bicyclic) bond motifs is 3. The first-order valence-corrected chi connectivity index (χ1v) is 10.5. The van der Waals surface area contributed by atoms with Crippen molar-refractivity contribution in [2.75, 3.05) is 7.11 Å². The Morgan fingerprint density at radius 1 is 0.767 bits per heavy atom. The molecule has 2 aliphatic carbocycles. The summed E-state index contributed by atoms with van der Waals surface area (Å²) < 4.78 is 5.30. The zero-order valence-corrected chi connectivity index (χ0v) is 19.0. The fraction of sp³-hybridized carbons (Fsp3) is 0.321. The number of carbonyl (C=O) groups excluding carboxylic acids is 1. The summed E-state index contributed by atoms with van der Waals surface area (Å²) in [4.78, 5) is 13.8. The molecule has 0 radical (unpaired) electrons. The number of ketones is 1. The molecule has 2 nitrogen and oxygen atoms in total. The SMILES string of the molecule is COc1ccc(C2=C(C(C)(C)C)C=C3C(=Cc4ccc(C(C)(C)C)cc43)C2=O)cc1.